The summed E-state index contributed by atoms with van der Waals surface area (Å²) in [6.07, 6.45) is 1.65. The van der Waals surface area contributed by atoms with Crippen LogP contribution in [0.15, 0.2) is 71.1 Å². The fourth-order valence-electron chi connectivity index (χ4n) is 3.43. The van der Waals surface area contributed by atoms with E-state index in [9.17, 15) is 9.59 Å². The van der Waals surface area contributed by atoms with Crippen molar-refractivity contribution in [3.8, 4) is 5.75 Å². The lowest BCUT2D eigenvalue weighted by Crippen LogP contribution is -2.23. The number of ketones is 1. The second kappa shape index (κ2) is 8.77. The number of hydrogen-bond acceptors (Lipinski definition) is 6. The number of nitrogens with zero attached hydrogens (tertiary/aromatic N) is 4. The van der Waals surface area contributed by atoms with Gasteiger partial charge in [0.15, 0.2) is 10.9 Å². The summed E-state index contributed by atoms with van der Waals surface area (Å²) in [5, 5.41) is 9.25. The van der Waals surface area contributed by atoms with Crippen LogP contribution in [0.25, 0.3) is 16.7 Å². The number of rotatable bonds is 8. The summed E-state index contributed by atoms with van der Waals surface area (Å²) < 4.78 is 8.80. The lowest BCUT2D eigenvalue weighted by Gasteiger charge is -2.12. The highest BCUT2D eigenvalue weighted by molar-refractivity contribution is 8.00. The zero-order valence-electron chi connectivity index (χ0n) is 17.3. The average molecular weight is 435 g/mol. The van der Waals surface area contributed by atoms with E-state index in [1.54, 1.807) is 36.4 Å². The number of benzene rings is 2. The third-order valence-corrected chi connectivity index (χ3v) is 5.93. The average Bonchev–Trinajstić information content (AvgIpc) is 3.20. The summed E-state index contributed by atoms with van der Waals surface area (Å²) in [4.78, 5) is 25.9. The molecule has 0 aliphatic carbocycles. The topological polar surface area (TPSA) is 78.5 Å². The highest BCUT2D eigenvalue weighted by Crippen LogP contribution is 2.27. The first-order valence-electron chi connectivity index (χ1n) is 9.96. The minimum absolute atomic E-state index is 0.0199. The van der Waals surface area contributed by atoms with Crippen molar-refractivity contribution in [1.82, 2.24) is 19.2 Å². The molecule has 0 saturated heterocycles. The quantitative estimate of drug-likeness (QED) is 0.237. The van der Waals surface area contributed by atoms with Crippen molar-refractivity contribution in [2.45, 2.75) is 30.8 Å². The van der Waals surface area contributed by atoms with Gasteiger partial charge in [-0.3, -0.25) is 18.6 Å². The molecule has 0 spiro atoms. The van der Waals surface area contributed by atoms with Gasteiger partial charge in [-0.15, -0.1) is 16.8 Å². The Morgan fingerprint density at radius 1 is 1.19 bits per heavy atom. The number of carbonyl (C=O) groups excluding carboxylic acids is 1. The van der Waals surface area contributed by atoms with Crippen LogP contribution in [0.3, 0.4) is 0 Å². The maximum atomic E-state index is 13.0. The first-order valence-corrected chi connectivity index (χ1v) is 10.8. The van der Waals surface area contributed by atoms with E-state index in [2.05, 4.69) is 16.8 Å². The van der Waals surface area contributed by atoms with Crippen LogP contribution < -0.4 is 10.3 Å². The normalized spacial score (nSPS) is 12.2. The third-order valence-electron chi connectivity index (χ3n) is 4.89. The number of hydrogen-bond donors (Lipinski definition) is 0. The van der Waals surface area contributed by atoms with Gasteiger partial charge in [0.1, 0.15) is 5.75 Å². The molecule has 4 aromatic rings. The molecule has 8 heteroatoms. The van der Waals surface area contributed by atoms with Crippen LogP contribution in [0.5, 0.6) is 5.75 Å². The maximum absolute atomic E-state index is 13.0. The Morgan fingerprint density at radius 2 is 1.94 bits per heavy atom. The van der Waals surface area contributed by atoms with E-state index in [0.717, 1.165) is 5.75 Å². The van der Waals surface area contributed by atoms with Gasteiger partial charge < -0.3 is 4.74 Å². The molecular formula is C23H22N4O3S. The zero-order chi connectivity index (χ0) is 22.0. The monoisotopic (exact) mass is 434 g/mol. The van der Waals surface area contributed by atoms with Gasteiger partial charge in [-0.2, -0.15) is 0 Å². The standard InChI is InChI=1S/C23H22N4O3S/c1-4-14-26-21(29)18-8-6-7-9-19(18)27-22(26)24-25-23(27)31-15(3)20(28)16-10-12-17(13-11-16)30-5-2/h4,6-13,15H,1,5,14H2,2-3H3/t15-/m1/s1. The molecule has 0 fully saturated rings. The Morgan fingerprint density at radius 3 is 2.65 bits per heavy atom. The zero-order valence-corrected chi connectivity index (χ0v) is 18.1. The lowest BCUT2D eigenvalue weighted by molar-refractivity contribution is 0.0994. The summed E-state index contributed by atoms with van der Waals surface area (Å²) >= 11 is 1.31. The largest absolute Gasteiger partial charge is 0.494 e. The molecule has 2 aromatic carbocycles. The summed E-state index contributed by atoms with van der Waals surface area (Å²) in [5.41, 5.74) is 1.16. The first kappa shape index (κ1) is 20.9. The third kappa shape index (κ3) is 3.86. The Bertz CT molecular complexity index is 1320. The molecule has 0 aliphatic rings. The van der Waals surface area contributed by atoms with Crippen LogP contribution >= 0.6 is 11.8 Å². The predicted molar refractivity (Wildman–Crippen MR) is 122 cm³/mol. The van der Waals surface area contributed by atoms with Crippen molar-refractivity contribution in [2.24, 2.45) is 0 Å². The molecule has 0 unspecified atom stereocenters. The number of carbonyl (C=O) groups is 1. The second-order valence-corrected chi connectivity index (χ2v) is 8.23. The molecule has 0 N–H and O–H groups in total. The minimum Gasteiger partial charge on any atom is -0.494 e. The van der Waals surface area contributed by atoms with E-state index in [1.165, 1.54) is 16.3 Å². The number of para-hydroxylation sites is 1. The second-order valence-electron chi connectivity index (χ2n) is 6.92. The van der Waals surface area contributed by atoms with Crippen molar-refractivity contribution < 1.29 is 9.53 Å². The summed E-state index contributed by atoms with van der Waals surface area (Å²) in [6.45, 7) is 8.38. The van der Waals surface area contributed by atoms with Gasteiger partial charge in [0, 0.05) is 12.1 Å². The van der Waals surface area contributed by atoms with E-state index >= 15 is 0 Å². The molecule has 2 heterocycles. The molecule has 4 rings (SSSR count). The van der Waals surface area contributed by atoms with Crippen LogP contribution in [-0.2, 0) is 6.54 Å². The molecular weight excluding hydrogens is 412 g/mol. The summed E-state index contributed by atoms with van der Waals surface area (Å²) in [5.74, 6) is 1.13. The van der Waals surface area contributed by atoms with Crippen LogP contribution in [0.1, 0.15) is 24.2 Å². The number of Topliss-reactive ketones (excluding diaryl/α,β-unsaturated/α-hetero) is 1. The predicted octanol–water partition coefficient (Wildman–Crippen LogP) is 3.99. The minimum atomic E-state index is -0.399. The Hall–Kier alpha value is -3.39. The van der Waals surface area contributed by atoms with E-state index < -0.39 is 5.25 Å². The maximum Gasteiger partial charge on any atom is 0.263 e. The van der Waals surface area contributed by atoms with E-state index in [4.69, 9.17) is 4.74 Å². The fourth-order valence-corrected chi connectivity index (χ4v) is 4.36. The Labute approximate surface area is 183 Å². The van der Waals surface area contributed by atoms with E-state index in [-0.39, 0.29) is 11.3 Å². The molecule has 7 nitrogen and oxygen atoms in total. The van der Waals surface area contributed by atoms with Crippen molar-refractivity contribution >= 4 is 34.2 Å². The SMILES string of the molecule is C=CCn1c(=O)c2ccccc2n2c(S[C@H](C)C(=O)c3ccc(OCC)cc3)nnc12. The van der Waals surface area contributed by atoms with Crippen LogP contribution in [0.4, 0.5) is 0 Å². The Balaban J connectivity index is 1.72. The number of aromatic nitrogens is 4. The van der Waals surface area contributed by atoms with Gasteiger partial charge in [-0.1, -0.05) is 30.0 Å². The van der Waals surface area contributed by atoms with Gasteiger partial charge in [-0.25, -0.2) is 0 Å². The molecule has 158 valence electrons. The first-order chi connectivity index (χ1) is 15.0. The van der Waals surface area contributed by atoms with Crippen molar-refractivity contribution in [3.05, 3.63) is 77.1 Å². The van der Waals surface area contributed by atoms with E-state index in [0.29, 0.717) is 40.6 Å². The number of thioether (sulfide) groups is 1. The number of allylic oxidation sites excluding steroid dienone is 1. The molecule has 0 saturated carbocycles. The van der Waals surface area contributed by atoms with Crippen LogP contribution in [-0.4, -0.2) is 36.8 Å². The van der Waals surface area contributed by atoms with Gasteiger partial charge in [0.25, 0.3) is 5.56 Å². The fraction of sp³-hybridized carbons (Fsp3) is 0.217. The number of ether oxygens (including phenoxy) is 1. The molecule has 0 bridgehead atoms. The highest BCUT2D eigenvalue weighted by Gasteiger charge is 2.22. The summed E-state index contributed by atoms with van der Waals surface area (Å²) in [7, 11) is 0. The Kier molecular flexibility index (Phi) is 5.90. The number of fused-ring (bicyclic) bond motifs is 3. The smallest absolute Gasteiger partial charge is 0.263 e. The molecule has 0 aliphatic heterocycles. The van der Waals surface area contributed by atoms with Crippen molar-refractivity contribution in [1.29, 1.82) is 0 Å². The molecule has 0 amide bonds. The van der Waals surface area contributed by atoms with Gasteiger partial charge in [-0.05, 0) is 50.2 Å². The van der Waals surface area contributed by atoms with Gasteiger partial charge in [0.2, 0.25) is 5.78 Å². The highest BCUT2D eigenvalue weighted by atomic mass is 32.2. The van der Waals surface area contributed by atoms with Gasteiger partial charge in [0.05, 0.1) is 22.8 Å². The van der Waals surface area contributed by atoms with Crippen molar-refractivity contribution in [2.75, 3.05) is 6.61 Å². The lowest BCUT2D eigenvalue weighted by atomic mass is 10.1. The van der Waals surface area contributed by atoms with E-state index in [1.807, 2.05) is 36.4 Å². The molecule has 1 atom stereocenters. The molecule has 31 heavy (non-hydrogen) atoms. The summed E-state index contributed by atoms with van der Waals surface area (Å²) in [6, 6.07) is 14.4. The molecule has 0 radical (unpaired) electrons. The van der Waals surface area contributed by atoms with Crippen LogP contribution in [0, 0.1) is 0 Å². The molecule has 2 aromatic heterocycles. The van der Waals surface area contributed by atoms with Crippen LogP contribution in [0.2, 0.25) is 0 Å². The van der Waals surface area contributed by atoms with Crippen molar-refractivity contribution in [3.63, 3.8) is 0 Å². The van der Waals surface area contributed by atoms with Gasteiger partial charge >= 0.3 is 0 Å².